The van der Waals surface area contributed by atoms with Crippen molar-refractivity contribution in [3.63, 3.8) is 0 Å². The zero-order chi connectivity index (χ0) is 19.0. The van der Waals surface area contributed by atoms with Gasteiger partial charge in [-0.15, -0.1) is 36.3 Å². The summed E-state index contributed by atoms with van der Waals surface area (Å²) in [5.74, 6) is 0. The molecule has 0 amide bonds. The summed E-state index contributed by atoms with van der Waals surface area (Å²) in [6, 6.07) is 8.34. The van der Waals surface area contributed by atoms with Gasteiger partial charge in [-0.25, -0.2) is 5.57 Å². The van der Waals surface area contributed by atoms with E-state index in [-0.39, 0.29) is 65.2 Å². The molecule has 151 valence electrons. The number of nitrogens with one attached hydrogen (secondary N) is 1. The standard InChI is InChI=1S/C12H14N.C11H18Si.2ClH.Zr/c1-12(2,3)10-8-13-11-7-5-4-6-9(10)11;1-8-7-11(4,12(5)6)10(3)9(8)2;;;/h4-7,13H,1-3H3;1-6H3;2*1H;/q2*-1;;;+4/p-2. The van der Waals surface area contributed by atoms with E-state index >= 15 is 0 Å². The van der Waals surface area contributed by atoms with Gasteiger partial charge in [0.2, 0.25) is 0 Å². The Morgan fingerprint density at radius 3 is 1.93 bits per heavy atom. The SMILES string of the molecule is CC(C)(C)c1[c-][nH]c2ccccc12.CC1=[C-]C(C)([Si](C)C)C(C)=C1C.[Cl-].[Cl-].[Zr+4]. The smallest absolute Gasteiger partial charge is 1.00 e. The fourth-order valence-electron chi connectivity index (χ4n) is 3.32. The molecule has 1 N–H and O–H groups in total. The Balaban J connectivity index is 0. The number of benzene rings is 1. The van der Waals surface area contributed by atoms with Crippen molar-refractivity contribution in [1.82, 2.24) is 4.98 Å². The van der Waals surface area contributed by atoms with Gasteiger partial charge >= 0.3 is 26.2 Å². The Bertz CT molecular complexity index is 830. The second kappa shape index (κ2) is 11.3. The summed E-state index contributed by atoms with van der Waals surface area (Å²) in [6.45, 7) is 20.3. The first-order chi connectivity index (χ1) is 11.5. The van der Waals surface area contributed by atoms with Crippen molar-refractivity contribution in [3.05, 3.63) is 58.8 Å². The van der Waals surface area contributed by atoms with Crippen molar-refractivity contribution < 1.29 is 51.0 Å². The van der Waals surface area contributed by atoms with E-state index in [1.54, 1.807) is 5.57 Å². The molecule has 1 aromatic carbocycles. The molecule has 0 aliphatic heterocycles. The number of para-hydroxylation sites is 1. The zero-order valence-corrected chi connectivity index (χ0v) is 23.5. The van der Waals surface area contributed by atoms with Crippen LogP contribution in [0, 0.1) is 12.3 Å². The first kappa shape index (κ1) is 30.1. The third-order valence-electron chi connectivity index (χ3n) is 5.58. The van der Waals surface area contributed by atoms with Crippen molar-refractivity contribution in [1.29, 1.82) is 0 Å². The summed E-state index contributed by atoms with van der Waals surface area (Å²) in [5.41, 5.74) is 6.97. The molecular weight excluding hydrogens is 480 g/mol. The van der Waals surface area contributed by atoms with Gasteiger partial charge in [0.05, 0.1) is 0 Å². The van der Waals surface area contributed by atoms with E-state index in [1.165, 1.54) is 27.6 Å². The van der Waals surface area contributed by atoms with E-state index < -0.39 is 0 Å². The van der Waals surface area contributed by atoms with Crippen LogP contribution in [0.15, 0.2) is 41.0 Å². The number of fused-ring (bicyclic) bond motifs is 1. The zero-order valence-electron chi connectivity index (χ0n) is 18.6. The number of hydrogen-bond acceptors (Lipinski definition) is 0. The van der Waals surface area contributed by atoms with Crippen LogP contribution >= 0.6 is 0 Å². The maximum Gasteiger partial charge on any atom is 4.00 e. The second-order valence-electron chi connectivity index (χ2n) is 8.55. The predicted octanol–water partition coefficient (Wildman–Crippen LogP) is 0.872. The quantitative estimate of drug-likeness (QED) is 0.431. The molecule has 0 bridgehead atoms. The summed E-state index contributed by atoms with van der Waals surface area (Å²) in [4.78, 5) is 3.17. The normalized spacial score (nSPS) is 18.6. The van der Waals surface area contributed by atoms with Crippen LogP contribution in [0.1, 0.15) is 54.0 Å². The Hall–Kier alpha value is -0.0800. The molecule has 1 heterocycles. The Morgan fingerprint density at radius 1 is 1.00 bits per heavy atom. The van der Waals surface area contributed by atoms with E-state index in [2.05, 4.69) is 97.0 Å². The number of allylic oxidation sites excluding steroid dienone is 4. The molecule has 0 saturated carbocycles. The van der Waals surface area contributed by atoms with Crippen LogP contribution in [-0.2, 0) is 31.6 Å². The molecule has 5 heteroatoms. The van der Waals surface area contributed by atoms with Crippen molar-refractivity contribution in [2.45, 2.75) is 72.0 Å². The van der Waals surface area contributed by atoms with E-state index in [1.807, 2.05) is 6.07 Å². The molecule has 1 radical (unpaired) electrons. The van der Waals surface area contributed by atoms with Crippen LogP contribution in [0.2, 0.25) is 18.1 Å². The van der Waals surface area contributed by atoms with Gasteiger partial charge in [-0.1, -0.05) is 71.8 Å². The van der Waals surface area contributed by atoms with Crippen molar-refractivity contribution in [2.24, 2.45) is 0 Å². The topological polar surface area (TPSA) is 15.8 Å². The van der Waals surface area contributed by atoms with Crippen LogP contribution in [0.25, 0.3) is 10.9 Å². The number of aromatic nitrogens is 1. The number of halogens is 2. The van der Waals surface area contributed by atoms with Crippen LogP contribution in [-0.4, -0.2) is 13.8 Å². The van der Waals surface area contributed by atoms with Gasteiger partial charge in [-0.05, 0) is 5.41 Å². The molecule has 1 aliphatic carbocycles. The molecule has 0 spiro atoms. The summed E-state index contributed by atoms with van der Waals surface area (Å²) in [5, 5.41) is 1.58. The van der Waals surface area contributed by atoms with Gasteiger partial charge in [0.1, 0.15) is 0 Å². The van der Waals surface area contributed by atoms with Gasteiger partial charge in [-0.3, -0.25) is 6.08 Å². The van der Waals surface area contributed by atoms with Crippen molar-refractivity contribution in [2.75, 3.05) is 0 Å². The molecular formula is C23H32Cl2NSiZr. The Kier molecular flexibility index (Phi) is 12.2. The molecule has 3 rings (SSSR count). The monoisotopic (exact) mass is 510 g/mol. The molecule has 1 nitrogen and oxygen atoms in total. The van der Waals surface area contributed by atoms with Crippen molar-refractivity contribution in [3.8, 4) is 0 Å². The van der Waals surface area contributed by atoms with Crippen LogP contribution in [0.3, 0.4) is 0 Å². The fraction of sp³-hybridized carbons (Fsp3) is 0.478. The molecule has 0 saturated heterocycles. The predicted molar refractivity (Wildman–Crippen MR) is 112 cm³/mol. The second-order valence-corrected chi connectivity index (χ2v) is 11.5. The van der Waals surface area contributed by atoms with Crippen LogP contribution < -0.4 is 24.8 Å². The maximum atomic E-state index is 3.62. The summed E-state index contributed by atoms with van der Waals surface area (Å²) in [7, 11) is -0.314. The maximum absolute atomic E-state index is 3.62. The molecule has 0 fully saturated rings. The fourth-order valence-corrected chi connectivity index (χ4v) is 4.69. The molecule has 1 aromatic heterocycles. The molecule has 28 heavy (non-hydrogen) atoms. The third-order valence-corrected chi connectivity index (χ3v) is 8.08. The van der Waals surface area contributed by atoms with Crippen LogP contribution in [0.4, 0.5) is 0 Å². The summed E-state index contributed by atoms with van der Waals surface area (Å²) in [6.07, 6.45) is 6.85. The number of hydrogen-bond donors (Lipinski definition) is 1. The average Bonchev–Trinajstić information content (AvgIpc) is 3.04. The average molecular weight is 513 g/mol. The molecule has 1 unspecified atom stereocenters. The Labute approximate surface area is 205 Å². The molecule has 2 aromatic rings. The van der Waals surface area contributed by atoms with Gasteiger partial charge in [-0.2, -0.15) is 16.5 Å². The molecule has 1 aliphatic rings. The minimum atomic E-state index is -0.314. The minimum Gasteiger partial charge on any atom is -1.00 e. The first-order valence-electron chi connectivity index (χ1n) is 9.08. The van der Waals surface area contributed by atoms with E-state index in [9.17, 15) is 0 Å². The van der Waals surface area contributed by atoms with Crippen molar-refractivity contribution >= 4 is 19.7 Å². The largest absolute Gasteiger partial charge is 4.00 e. The minimum absolute atomic E-state index is 0. The van der Waals surface area contributed by atoms with E-state index in [0.717, 1.165) is 0 Å². The van der Waals surface area contributed by atoms with Gasteiger partial charge in [0.25, 0.3) is 0 Å². The molecule has 1 atom stereocenters. The van der Waals surface area contributed by atoms with Gasteiger partial charge in [0.15, 0.2) is 0 Å². The third kappa shape index (κ3) is 6.21. The van der Waals surface area contributed by atoms with Gasteiger partial charge in [0, 0.05) is 8.80 Å². The van der Waals surface area contributed by atoms with Gasteiger partial charge < -0.3 is 29.8 Å². The number of H-pyrrole nitrogens is 1. The number of rotatable bonds is 1. The Morgan fingerprint density at radius 2 is 1.54 bits per heavy atom. The summed E-state index contributed by atoms with van der Waals surface area (Å²) >= 11 is 0. The van der Waals surface area contributed by atoms with E-state index in [0.29, 0.717) is 5.04 Å². The summed E-state index contributed by atoms with van der Waals surface area (Å²) < 4.78 is 0. The first-order valence-corrected chi connectivity index (χ1v) is 11.6. The van der Waals surface area contributed by atoms with E-state index in [4.69, 9.17) is 0 Å². The number of aromatic amines is 1. The van der Waals surface area contributed by atoms with Crippen LogP contribution in [0.5, 0.6) is 0 Å².